The van der Waals surface area contributed by atoms with Crippen LogP contribution in [-0.4, -0.2) is 32.3 Å². The fourth-order valence-corrected chi connectivity index (χ4v) is 1.74. The van der Waals surface area contributed by atoms with Gasteiger partial charge in [0.25, 0.3) is 0 Å². The van der Waals surface area contributed by atoms with Crippen LogP contribution in [0.3, 0.4) is 0 Å². The Kier molecular flexibility index (Phi) is 7.29. The van der Waals surface area contributed by atoms with Gasteiger partial charge in [-0.05, 0) is 31.0 Å². The molecule has 0 N–H and O–H groups in total. The van der Waals surface area contributed by atoms with Gasteiger partial charge in [-0.1, -0.05) is 6.58 Å². The number of unbranched alkanes of at least 4 members (excludes halogenated alkanes) is 1. The number of methoxy groups -OCH3 is 1. The molecule has 24 heavy (non-hydrogen) atoms. The molecule has 0 aliphatic rings. The second kappa shape index (κ2) is 8.95. The van der Waals surface area contributed by atoms with E-state index in [1.807, 2.05) is 0 Å². The van der Waals surface area contributed by atoms with Gasteiger partial charge >= 0.3 is 18.1 Å². The Balaban J connectivity index is 2.65. The maximum Gasteiger partial charge on any atom is 0.419 e. The molecule has 0 spiro atoms. The average Bonchev–Trinajstić information content (AvgIpc) is 2.56. The molecule has 0 bridgehead atoms. The maximum atomic E-state index is 13.1. The van der Waals surface area contributed by atoms with Gasteiger partial charge in [-0.3, -0.25) is 0 Å². The minimum atomic E-state index is -4.67. The first kappa shape index (κ1) is 19.5. The summed E-state index contributed by atoms with van der Waals surface area (Å²) in [4.78, 5) is 22.1. The second-order valence-corrected chi connectivity index (χ2v) is 4.63. The number of rotatable bonds is 8. The van der Waals surface area contributed by atoms with Gasteiger partial charge < -0.3 is 14.2 Å². The quantitative estimate of drug-likeness (QED) is 0.410. The third-order valence-corrected chi connectivity index (χ3v) is 2.91. The lowest BCUT2D eigenvalue weighted by Gasteiger charge is -2.15. The van der Waals surface area contributed by atoms with E-state index >= 15 is 0 Å². The highest BCUT2D eigenvalue weighted by atomic mass is 19.4. The molecule has 8 heteroatoms. The normalized spacial score (nSPS) is 10.8. The van der Waals surface area contributed by atoms with Crippen molar-refractivity contribution in [1.82, 2.24) is 0 Å². The van der Waals surface area contributed by atoms with Crippen LogP contribution in [-0.2, 0) is 20.4 Å². The van der Waals surface area contributed by atoms with E-state index in [-0.39, 0.29) is 24.5 Å². The van der Waals surface area contributed by atoms with Crippen LogP contribution in [0.25, 0.3) is 0 Å². The van der Waals surface area contributed by atoms with Crippen molar-refractivity contribution in [2.45, 2.75) is 19.0 Å². The van der Waals surface area contributed by atoms with E-state index in [1.165, 1.54) is 6.07 Å². The predicted octanol–water partition coefficient (Wildman–Crippen LogP) is 3.38. The summed E-state index contributed by atoms with van der Waals surface area (Å²) in [5.41, 5.74) is -1.27. The number of halogens is 3. The van der Waals surface area contributed by atoms with Crippen LogP contribution in [0, 0.1) is 0 Å². The average molecular weight is 346 g/mol. The molecule has 0 atom stereocenters. The molecule has 0 aromatic heterocycles. The van der Waals surface area contributed by atoms with Gasteiger partial charge in [0.2, 0.25) is 0 Å². The van der Waals surface area contributed by atoms with Gasteiger partial charge in [-0.25, -0.2) is 9.59 Å². The van der Waals surface area contributed by atoms with Gasteiger partial charge in [0.05, 0.1) is 31.5 Å². The van der Waals surface area contributed by atoms with Crippen LogP contribution in [0.15, 0.2) is 30.9 Å². The molecule has 132 valence electrons. The predicted molar refractivity (Wildman–Crippen MR) is 78.7 cm³/mol. The molecule has 0 saturated carbocycles. The Labute approximate surface area is 137 Å². The molecule has 0 fully saturated rings. The Morgan fingerprint density at radius 1 is 1.21 bits per heavy atom. The third kappa shape index (κ3) is 5.94. The molecule has 0 unspecified atom stereocenters. The molecule has 1 rings (SSSR count). The third-order valence-electron chi connectivity index (χ3n) is 2.91. The highest BCUT2D eigenvalue weighted by molar-refractivity contribution is 5.89. The fraction of sp³-hybridized carbons (Fsp3) is 0.375. The van der Waals surface area contributed by atoms with Crippen molar-refractivity contribution in [2.75, 3.05) is 20.3 Å². The van der Waals surface area contributed by atoms with Crippen LogP contribution in [0.4, 0.5) is 13.2 Å². The molecule has 1 aromatic rings. The summed E-state index contributed by atoms with van der Waals surface area (Å²) in [6.07, 6.45) is -2.82. The zero-order valence-corrected chi connectivity index (χ0v) is 13.0. The first-order valence-corrected chi connectivity index (χ1v) is 7.01. The van der Waals surface area contributed by atoms with Gasteiger partial charge in [0.15, 0.2) is 0 Å². The summed E-state index contributed by atoms with van der Waals surface area (Å²) in [5, 5.41) is 0. The maximum absolute atomic E-state index is 13.1. The number of esters is 2. The van der Waals surface area contributed by atoms with Crippen molar-refractivity contribution in [2.24, 2.45) is 0 Å². The van der Waals surface area contributed by atoms with Crippen molar-refractivity contribution in [3.8, 4) is 5.75 Å². The van der Waals surface area contributed by atoms with Crippen molar-refractivity contribution < 1.29 is 37.0 Å². The summed E-state index contributed by atoms with van der Waals surface area (Å²) in [7, 11) is 1.08. The van der Waals surface area contributed by atoms with Crippen molar-refractivity contribution in [3.05, 3.63) is 42.0 Å². The lowest BCUT2D eigenvalue weighted by Crippen LogP contribution is -2.12. The molecular formula is C16H17F3O5. The van der Waals surface area contributed by atoms with Crippen LogP contribution >= 0.6 is 0 Å². The monoisotopic (exact) mass is 346 g/mol. The van der Waals surface area contributed by atoms with E-state index < -0.39 is 23.7 Å². The summed E-state index contributed by atoms with van der Waals surface area (Å²) in [6.45, 7) is 3.37. The van der Waals surface area contributed by atoms with Crippen LogP contribution in [0.5, 0.6) is 5.75 Å². The van der Waals surface area contributed by atoms with Crippen LogP contribution in [0.1, 0.15) is 28.8 Å². The fourth-order valence-electron chi connectivity index (χ4n) is 1.74. The van der Waals surface area contributed by atoms with Crippen molar-refractivity contribution in [1.29, 1.82) is 0 Å². The molecule has 0 heterocycles. The van der Waals surface area contributed by atoms with Gasteiger partial charge in [-0.15, -0.1) is 0 Å². The summed E-state index contributed by atoms with van der Waals surface area (Å²) in [6, 6.07) is 2.96. The van der Waals surface area contributed by atoms with Gasteiger partial charge in [-0.2, -0.15) is 13.2 Å². The van der Waals surface area contributed by atoms with Gasteiger partial charge in [0.1, 0.15) is 5.75 Å². The number of alkyl halides is 3. The molecule has 0 amide bonds. The smallest absolute Gasteiger partial charge is 0.419 e. The number of ether oxygens (including phenoxy) is 3. The number of hydrogen-bond acceptors (Lipinski definition) is 5. The van der Waals surface area contributed by atoms with E-state index in [0.29, 0.717) is 18.9 Å². The van der Waals surface area contributed by atoms with Gasteiger partial charge in [0, 0.05) is 6.08 Å². The minimum absolute atomic E-state index is 0.00624. The first-order chi connectivity index (χ1) is 11.3. The van der Waals surface area contributed by atoms with E-state index in [9.17, 15) is 22.8 Å². The van der Waals surface area contributed by atoms with Crippen molar-refractivity contribution in [3.63, 3.8) is 0 Å². The number of carbonyl (C=O) groups is 2. The highest BCUT2D eigenvalue weighted by Gasteiger charge is 2.35. The minimum Gasteiger partial charge on any atom is -0.493 e. The topological polar surface area (TPSA) is 61.8 Å². The second-order valence-electron chi connectivity index (χ2n) is 4.63. The zero-order valence-electron chi connectivity index (χ0n) is 13.0. The number of carbonyl (C=O) groups excluding carboxylic acids is 2. The highest BCUT2D eigenvalue weighted by Crippen LogP contribution is 2.37. The molecular weight excluding hydrogens is 329 g/mol. The molecule has 1 aromatic carbocycles. The zero-order chi connectivity index (χ0) is 18.2. The lowest BCUT2D eigenvalue weighted by molar-refractivity contribution is -0.139. The van der Waals surface area contributed by atoms with Crippen LogP contribution < -0.4 is 4.74 Å². The van der Waals surface area contributed by atoms with Crippen LogP contribution in [0.2, 0.25) is 0 Å². The Hall–Kier alpha value is -2.51. The summed E-state index contributed by atoms with van der Waals surface area (Å²) >= 11 is 0. The van der Waals surface area contributed by atoms with E-state index in [2.05, 4.69) is 11.3 Å². The molecule has 0 aliphatic carbocycles. The molecule has 0 saturated heterocycles. The Bertz CT molecular complexity index is 596. The largest absolute Gasteiger partial charge is 0.493 e. The Morgan fingerprint density at radius 3 is 2.46 bits per heavy atom. The number of benzene rings is 1. The number of hydrogen-bond donors (Lipinski definition) is 0. The van der Waals surface area contributed by atoms with E-state index in [0.717, 1.165) is 19.3 Å². The Morgan fingerprint density at radius 2 is 1.88 bits per heavy atom. The molecule has 0 aliphatic heterocycles. The molecule has 5 nitrogen and oxygen atoms in total. The first-order valence-electron chi connectivity index (χ1n) is 7.01. The lowest BCUT2D eigenvalue weighted by atomic mass is 10.1. The SMILES string of the molecule is C=CC(=O)OCCCCOc1ccc(C(=O)OC)cc1C(F)(F)F. The van der Waals surface area contributed by atoms with Crippen molar-refractivity contribution >= 4 is 11.9 Å². The molecule has 0 radical (unpaired) electrons. The van der Waals surface area contributed by atoms with E-state index in [1.54, 1.807) is 0 Å². The van der Waals surface area contributed by atoms with E-state index in [4.69, 9.17) is 9.47 Å². The summed E-state index contributed by atoms with van der Waals surface area (Å²) in [5.74, 6) is -1.80. The standard InChI is InChI=1S/C16H17F3O5/c1-3-14(20)24-9-5-4-8-23-13-7-6-11(15(21)22-2)10-12(13)16(17,18)19/h3,6-7,10H,1,4-5,8-9H2,2H3. The summed E-state index contributed by atoms with van der Waals surface area (Å²) < 4.78 is 53.4.